The smallest absolute Gasteiger partial charge is 0.191 e. The monoisotopic (exact) mass is 468 g/mol. The fourth-order valence-corrected chi connectivity index (χ4v) is 3.10. The highest BCUT2D eigenvalue weighted by Crippen LogP contribution is 2.18. The standard InChI is InChI=1S/C19H28N6.HI/c1-20-19(22-9-14-24-10-5-6-11-24)23-16-17-7-8-21-18(15-17)25-12-3-2-4-13-25;/h5-8,10-11,15H,2-4,9,12-14,16H2,1H3,(H2,20,22,23);1H. The van der Waals surface area contributed by atoms with E-state index in [1.807, 2.05) is 18.3 Å². The first-order chi connectivity index (χ1) is 12.3. The lowest BCUT2D eigenvalue weighted by atomic mass is 10.1. The Morgan fingerprint density at radius 1 is 1.15 bits per heavy atom. The van der Waals surface area contributed by atoms with Crippen LogP contribution in [0.15, 0.2) is 47.8 Å². The van der Waals surface area contributed by atoms with Crippen molar-refractivity contribution in [2.75, 3.05) is 31.6 Å². The van der Waals surface area contributed by atoms with E-state index in [0.717, 1.165) is 44.5 Å². The summed E-state index contributed by atoms with van der Waals surface area (Å²) in [7, 11) is 1.80. The minimum Gasteiger partial charge on any atom is -0.357 e. The molecule has 0 atom stereocenters. The predicted octanol–water partition coefficient (Wildman–Crippen LogP) is 2.86. The Kier molecular flexibility index (Phi) is 8.73. The number of rotatable bonds is 6. The van der Waals surface area contributed by atoms with E-state index >= 15 is 0 Å². The molecule has 7 heteroatoms. The van der Waals surface area contributed by atoms with Crippen molar-refractivity contribution in [3.05, 3.63) is 48.4 Å². The molecular weight excluding hydrogens is 439 g/mol. The van der Waals surface area contributed by atoms with Crippen LogP contribution in [-0.4, -0.2) is 42.2 Å². The summed E-state index contributed by atoms with van der Waals surface area (Å²) in [4.78, 5) is 11.2. The lowest BCUT2D eigenvalue weighted by Crippen LogP contribution is -2.38. The molecule has 2 N–H and O–H groups in total. The van der Waals surface area contributed by atoms with Gasteiger partial charge >= 0.3 is 0 Å². The molecule has 0 radical (unpaired) electrons. The summed E-state index contributed by atoms with van der Waals surface area (Å²) in [5.74, 6) is 1.91. The van der Waals surface area contributed by atoms with Gasteiger partial charge in [-0.05, 0) is 49.1 Å². The van der Waals surface area contributed by atoms with Crippen LogP contribution in [0.25, 0.3) is 0 Å². The van der Waals surface area contributed by atoms with Gasteiger partial charge in [-0.25, -0.2) is 4.98 Å². The molecule has 142 valence electrons. The van der Waals surface area contributed by atoms with Gasteiger partial charge in [0.1, 0.15) is 5.82 Å². The molecule has 0 saturated carbocycles. The van der Waals surface area contributed by atoms with Gasteiger partial charge in [-0.2, -0.15) is 0 Å². The number of nitrogens with zero attached hydrogens (tertiary/aromatic N) is 4. The Labute approximate surface area is 173 Å². The quantitative estimate of drug-likeness (QED) is 0.389. The first-order valence-electron chi connectivity index (χ1n) is 9.10. The van der Waals surface area contributed by atoms with Crippen LogP contribution in [0, 0.1) is 0 Å². The van der Waals surface area contributed by atoms with Gasteiger partial charge in [0, 0.05) is 58.4 Å². The number of aromatic nitrogens is 2. The summed E-state index contributed by atoms with van der Waals surface area (Å²) in [6, 6.07) is 8.33. The van der Waals surface area contributed by atoms with E-state index in [4.69, 9.17) is 0 Å². The summed E-state index contributed by atoms with van der Waals surface area (Å²) >= 11 is 0. The number of hydrogen-bond donors (Lipinski definition) is 2. The van der Waals surface area contributed by atoms with E-state index in [1.54, 1.807) is 7.05 Å². The zero-order valence-electron chi connectivity index (χ0n) is 15.4. The SMILES string of the molecule is CN=C(NCCn1cccc1)NCc1ccnc(N2CCCCC2)c1.I. The molecule has 0 bridgehead atoms. The van der Waals surface area contributed by atoms with Gasteiger partial charge in [0.15, 0.2) is 5.96 Å². The van der Waals surface area contributed by atoms with Crippen molar-refractivity contribution in [1.29, 1.82) is 0 Å². The Morgan fingerprint density at radius 2 is 1.92 bits per heavy atom. The van der Waals surface area contributed by atoms with E-state index in [1.165, 1.54) is 24.8 Å². The van der Waals surface area contributed by atoms with Gasteiger partial charge < -0.3 is 20.1 Å². The highest BCUT2D eigenvalue weighted by Gasteiger charge is 2.12. The molecule has 1 aliphatic heterocycles. The van der Waals surface area contributed by atoms with E-state index < -0.39 is 0 Å². The van der Waals surface area contributed by atoms with E-state index in [9.17, 15) is 0 Å². The molecule has 1 fully saturated rings. The molecule has 0 unspecified atom stereocenters. The second kappa shape index (κ2) is 11.1. The molecular formula is C19H29IN6. The summed E-state index contributed by atoms with van der Waals surface area (Å²) in [5, 5.41) is 6.73. The Morgan fingerprint density at radius 3 is 2.65 bits per heavy atom. The molecule has 3 heterocycles. The van der Waals surface area contributed by atoms with Crippen LogP contribution in [0.1, 0.15) is 24.8 Å². The normalized spacial score (nSPS) is 14.7. The van der Waals surface area contributed by atoms with Gasteiger partial charge in [0.2, 0.25) is 0 Å². The number of anilines is 1. The topological polar surface area (TPSA) is 57.5 Å². The third-order valence-electron chi connectivity index (χ3n) is 4.50. The van der Waals surface area contributed by atoms with Crippen LogP contribution in [0.5, 0.6) is 0 Å². The van der Waals surface area contributed by atoms with Crippen LogP contribution in [0.4, 0.5) is 5.82 Å². The molecule has 6 nitrogen and oxygen atoms in total. The Hall–Kier alpha value is -1.77. The number of piperidine rings is 1. The minimum atomic E-state index is 0. The van der Waals surface area contributed by atoms with Gasteiger partial charge in [-0.3, -0.25) is 4.99 Å². The lowest BCUT2D eigenvalue weighted by molar-refractivity contribution is 0.573. The fourth-order valence-electron chi connectivity index (χ4n) is 3.10. The fraction of sp³-hybridized carbons (Fsp3) is 0.474. The summed E-state index contributed by atoms with van der Waals surface area (Å²) in [6.07, 6.45) is 9.91. The summed E-state index contributed by atoms with van der Waals surface area (Å²) in [6.45, 7) is 4.73. The van der Waals surface area contributed by atoms with Crippen molar-refractivity contribution in [2.24, 2.45) is 4.99 Å². The van der Waals surface area contributed by atoms with Crippen LogP contribution >= 0.6 is 24.0 Å². The molecule has 0 amide bonds. The van der Waals surface area contributed by atoms with Crippen molar-refractivity contribution in [3.63, 3.8) is 0 Å². The second-order valence-corrected chi connectivity index (χ2v) is 6.34. The molecule has 1 saturated heterocycles. The van der Waals surface area contributed by atoms with Gasteiger partial charge in [0.05, 0.1) is 0 Å². The number of halogens is 1. The first kappa shape index (κ1) is 20.5. The molecule has 0 aliphatic carbocycles. The van der Waals surface area contributed by atoms with E-state index in [2.05, 4.69) is 54.6 Å². The van der Waals surface area contributed by atoms with Gasteiger partial charge in [-0.1, -0.05) is 0 Å². The first-order valence-corrected chi connectivity index (χ1v) is 9.10. The van der Waals surface area contributed by atoms with Crippen molar-refractivity contribution < 1.29 is 0 Å². The zero-order chi connectivity index (χ0) is 17.3. The number of guanidine groups is 1. The summed E-state index contributed by atoms with van der Waals surface area (Å²) in [5.41, 5.74) is 1.23. The lowest BCUT2D eigenvalue weighted by Gasteiger charge is -2.28. The van der Waals surface area contributed by atoms with Crippen LogP contribution in [0.3, 0.4) is 0 Å². The van der Waals surface area contributed by atoms with E-state index in [0.29, 0.717) is 0 Å². The Balaban J connectivity index is 0.00000243. The molecule has 26 heavy (non-hydrogen) atoms. The van der Waals surface area contributed by atoms with Crippen LogP contribution in [0.2, 0.25) is 0 Å². The van der Waals surface area contributed by atoms with Crippen molar-refractivity contribution in [1.82, 2.24) is 20.2 Å². The largest absolute Gasteiger partial charge is 0.357 e. The molecule has 2 aromatic heterocycles. The zero-order valence-corrected chi connectivity index (χ0v) is 17.7. The molecule has 1 aliphatic rings. The van der Waals surface area contributed by atoms with Crippen molar-refractivity contribution in [3.8, 4) is 0 Å². The summed E-state index contributed by atoms with van der Waals surface area (Å²) < 4.78 is 2.15. The number of pyridine rings is 1. The molecule has 0 aromatic carbocycles. The third kappa shape index (κ3) is 6.19. The number of hydrogen-bond acceptors (Lipinski definition) is 3. The number of aliphatic imine (C=N–C) groups is 1. The van der Waals surface area contributed by atoms with Crippen LogP contribution < -0.4 is 15.5 Å². The van der Waals surface area contributed by atoms with Gasteiger partial charge in [-0.15, -0.1) is 24.0 Å². The van der Waals surface area contributed by atoms with Crippen molar-refractivity contribution in [2.45, 2.75) is 32.4 Å². The third-order valence-corrected chi connectivity index (χ3v) is 4.50. The molecule has 3 rings (SSSR count). The van der Waals surface area contributed by atoms with Crippen molar-refractivity contribution >= 4 is 35.8 Å². The number of nitrogens with one attached hydrogen (secondary N) is 2. The minimum absolute atomic E-state index is 0. The van der Waals surface area contributed by atoms with Gasteiger partial charge in [0.25, 0.3) is 0 Å². The van der Waals surface area contributed by atoms with E-state index in [-0.39, 0.29) is 24.0 Å². The maximum atomic E-state index is 4.54. The maximum Gasteiger partial charge on any atom is 0.191 e. The molecule has 0 spiro atoms. The average molecular weight is 468 g/mol. The highest BCUT2D eigenvalue weighted by molar-refractivity contribution is 14.0. The average Bonchev–Trinajstić information content (AvgIpc) is 3.19. The maximum absolute atomic E-state index is 4.54. The second-order valence-electron chi connectivity index (χ2n) is 6.34. The molecule has 2 aromatic rings. The Bertz CT molecular complexity index is 664. The predicted molar refractivity (Wildman–Crippen MR) is 118 cm³/mol. The van der Waals surface area contributed by atoms with Crippen LogP contribution in [-0.2, 0) is 13.1 Å². The highest BCUT2D eigenvalue weighted by atomic mass is 127.